The lowest BCUT2D eigenvalue weighted by molar-refractivity contribution is 0.669. The van der Waals surface area contributed by atoms with Gasteiger partial charge in [-0.1, -0.05) is 91.0 Å². The maximum Gasteiger partial charge on any atom is 0.135 e. The molecule has 12 aromatic rings. The van der Waals surface area contributed by atoms with Gasteiger partial charge in [-0.15, -0.1) is 22.7 Å². The van der Waals surface area contributed by atoms with Crippen LogP contribution in [0.1, 0.15) is 0 Å². The molecule has 0 radical (unpaired) electrons. The summed E-state index contributed by atoms with van der Waals surface area (Å²) in [6.45, 7) is 0. The first-order valence-corrected chi connectivity index (χ1v) is 19.2. The Balaban J connectivity index is 0.975. The molecule has 0 spiro atoms. The van der Waals surface area contributed by atoms with Crippen LogP contribution < -0.4 is 0 Å². The van der Waals surface area contributed by atoms with Gasteiger partial charge in [0, 0.05) is 67.6 Å². The molecule has 12 rings (SSSR count). The van der Waals surface area contributed by atoms with E-state index in [0.717, 1.165) is 21.9 Å². The van der Waals surface area contributed by atoms with Gasteiger partial charge in [0.2, 0.25) is 0 Å². The molecule has 0 aliphatic rings. The summed E-state index contributed by atoms with van der Waals surface area (Å²) < 4.78 is 13.9. The van der Waals surface area contributed by atoms with Gasteiger partial charge in [0.25, 0.3) is 0 Å². The van der Waals surface area contributed by atoms with Gasteiger partial charge < -0.3 is 8.98 Å². The zero-order valence-corrected chi connectivity index (χ0v) is 29.4. The second-order valence-electron chi connectivity index (χ2n) is 13.7. The molecule has 0 amide bonds. The molecule has 4 heteroatoms. The van der Waals surface area contributed by atoms with Crippen molar-refractivity contribution in [1.29, 1.82) is 0 Å². The third-order valence-corrected chi connectivity index (χ3v) is 13.1. The lowest BCUT2D eigenvalue weighted by Gasteiger charge is -2.09. The molecule has 4 heterocycles. The lowest BCUT2D eigenvalue weighted by atomic mass is 10.0. The molecule has 0 unspecified atom stereocenters. The summed E-state index contributed by atoms with van der Waals surface area (Å²) >= 11 is 3.76. The summed E-state index contributed by atoms with van der Waals surface area (Å²) in [6.07, 6.45) is 0. The number of para-hydroxylation sites is 2. The number of aromatic nitrogens is 1. The zero-order chi connectivity index (χ0) is 33.9. The predicted octanol–water partition coefficient (Wildman–Crippen LogP) is 14.8. The number of fused-ring (bicyclic) bond motifs is 12. The number of benzene rings is 8. The van der Waals surface area contributed by atoms with Crippen LogP contribution in [0.15, 0.2) is 168 Å². The molecule has 52 heavy (non-hydrogen) atoms. The third-order valence-electron chi connectivity index (χ3n) is 10.8. The Morgan fingerprint density at radius 2 is 0.885 bits per heavy atom. The molecule has 0 fully saturated rings. The molecule has 0 saturated carbocycles. The van der Waals surface area contributed by atoms with E-state index in [-0.39, 0.29) is 0 Å². The average molecular weight is 698 g/mol. The first kappa shape index (κ1) is 28.5. The number of hydrogen-bond acceptors (Lipinski definition) is 3. The van der Waals surface area contributed by atoms with Gasteiger partial charge >= 0.3 is 0 Å². The molecule has 0 bridgehead atoms. The highest BCUT2D eigenvalue weighted by molar-refractivity contribution is 7.26. The van der Waals surface area contributed by atoms with E-state index >= 15 is 0 Å². The van der Waals surface area contributed by atoms with Crippen molar-refractivity contribution in [1.82, 2.24) is 4.57 Å². The van der Waals surface area contributed by atoms with Crippen LogP contribution in [0.3, 0.4) is 0 Å². The van der Waals surface area contributed by atoms with Crippen LogP contribution in [0, 0.1) is 0 Å². The summed E-state index contributed by atoms with van der Waals surface area (Å²) in [7, 11) is 0. The summed E-state index contributed by atoms with van der Waals surface area (Å²) in [5.74, 6) is 0. The van der Waals surface area contributed by atoms with E-state index < -0.39 is 0 Å². The zero-order valence-electron chi connectivity index (χ0n) is 27.8. The minimum absolute atomic E-state index is 0.920. The van der Waals surface area contributed by atoms with Crippen molar-refractivity contribution >= 4 is 107 Å². The highest BCUT2D eigenvalue weighted by atomic mass is 32.1. The Hall–Kier alpha value is -6.20. The van der Waals surface area contributed by atoms with Gasteiger partial charge in [-0.05, 0) is 95.1 Å². The molecular formula is C48H27NOS2. The quantitative estimate of drug-likeness (QED) is 0.180. The number of nitrogens with zero attached hydrogens (tertiary/aromatic N) is 1. The van der Waals surface area contributed by atoms with E-state index in [1.807, 2.05) is 34.8 Å². The van der Waals surface area contributed by atoms with Crippen molar-refractivity contribution in [3.63, 3.8) is 0 Å². The fraction of sp³-hybridized carbons (Fsp3) is 0. The number of furan rings is 1. The second kappa shape index (κ2) is 10.7. The van der Waals surface area contributed by atoms with Crippen LogP contribution in [-0.4, -0.2) is 4.57 Å². The highest BCUT2D eigenvalue weighted by Gasteiger charge is 2.16. The molecule has 2 nitrogen and oxygen atoms in total. The van der Waals surface area contributed by atoms with Gasteiger partial charge in [0.1, 0.15) is 11.2 Å². The van der Waals surface area contributed by atoms with Crippen molar-refractivity contribution in [2.24, 2.45) is 0 Å². The van der Waals surface area contributed by atoms with Crippen molar-refractivity contribution in [2.45, 2.75) is 0 Å². The molecule has 242 valence electrons. The van der Waals surface area contributed by atoms with Crippen LogP contribution in [0.4, 0.5) is 0 Å². The van der Waals surface area contributed by atoms with Crippen LogP contribution in [0.5, 0.6) is 0 Å². The maximum absolute atomic E-state index is 6.12. The smallest absolute Gasteiger partial charge is 0.135 e. The van der Waals surface area contributed by atoms with Crippen molar-refractivity contribution in [3.8, 4) is 27.9 Å². The van der Waals surface area contributed by atoms with Gasteiger partial charge in [-0.25, -0.2) is 0 Å². The van der Waals surface area contributed by atoms with Crippen LogP contribution in [0.2, 0.25) is 0 Å². The molecule has 0 aliphatic heterocycles. The Morgan fingerprint density at radius 3 is 1.71 bits per heavy atom. The fourth-order valence-corrected chi connectivity index (χ4v) is 10.6. The summed E-state index contributed by atoms with van der Waals surface area (Å²) in [4.78, 5) is 0. The topological polar surface area (TPSA) is 18.1 Å². The van der Waals surface area contributed by atoms with Crippen molar-refractivity contribution in [3.05, 3.63) is 164 Å². The van der Waals surface area contributed by atoms with Crippen LogP contribution >= 0.6 is 22.7 Å². The largest absolute Gasteiger partial charge is 0.456 e. The Labute approximate surface area is 306 Å². The molecule has 8 aromatic carbocycles. The third kappa shape index (κ3) is 4.11. The molecule has 0 N–H and O–H groups in total. The fourth-order valence-electron chi connectivity index (χ4n) is 8.33. The van der Waals surface area contributed by atoms with E-state index in [1.165, 1.54) is 90.1 Å². The van der Waals surface area contributed by atoms with Crippen molar-refractivity contribution in [2.75, 3.05) is 0 Å². The Kier molecular flexibility index (Phi) is 5.84. The summed E-state index contributed by atoms with van der Waals surface area (Å²) in [5, 5.41) is 10.1. The van der Waals surface area contributed by atoms with Gasteiger partial charge in [-0.3, -0.25) is 0 Å². The first-order chi connectivity index (χ1) is 25.7. The Morgan fingerprint density at radius 1 is 0.327 bits per heavy atom. The first-order valence-electron chi connectivity index (χ1n) is 17.6. The number of thiophene rings is 2. The monoisotopic (exact) mass is 697 g/mol. The van der Waals surface area contributed by atoms with E-state index in [1.54, 1.807) is 0 Å². The molecule has 0 atom stereocenters. The van der Waals surface area contributed by atoms with E-state index in [2.05, 4.69) is 156 Å². The minimum Gasteiger partial charge on any atom is -0.456 e. The van der Waals surface area contributed by atoms with E-state index in [4.69, 9.17) is 4.42 Å². The molecule has 4 aromatic heterocycles. The number of hydrogen-bond donors (Lipinski definition) is 0. The molecule has 0 saturated heterocycles. The SMILES string of the molecule is c1ccc2c(c1)oc1ccc(-c3ccc4c(c3)c3ccccc3n4-c3ccc4sc5cc(-c6ccc7c(c6)sc6ccccc67)ccc5c4c3)cc12. The van der Waals surface area contributed by atoms with E-state index in [0.29, 0.717) is 0 Å². The molecular weight excluding hydrogens is 671 g/mol. The summed E-state index contributed by atoms with van der Waals surface area (Å²) in [5.41, 5.74) is 10.4. The van der Waals surface area contributed by atoms with Crippen molar-refractivity contribution < 1.29 is 4.42 Å². The average Bonchev–Trinajstić information content (AvgIpc) is 3.95. The Bertz CT molecular complexity index is 3430. The van der Waals surface area contributed by atoms with Gasteiger partial charge in [-0.2, -0.15) is 0 Å². The standard InChI is InChI=1S/C48H27NOS2/c1-4-10-41-33(7-1)38-23-28(29-16-21-44-39(24-29)34-8-2-5-11-43(34)50-44)15-20-42(38)49(41)32-17-22-46-40(27-32)37-19-14-31(26-48(37)52-46)30-13-18-36-35-9-3-6-12-45(35)51-47(36)25-30/h1-27H. The highest BCUT2D eigenvalue weighted by Crippen LogP contribution is 2.42. The molecule has 0 aliphatic carbocycles. The number of rotatable bonds is 3. The second-order valence-corrected chi connectivity index (χ2v) is 15.9. The van der Waals surface area contributed by atoms with Crippen LogP contribution in [-0.2, 0) is 0 Å². The minimum atomic E-state index is 0.920. The maximum atomic E-state index is 6.12. The van der Waals surface area contributed by atoms with Crippen LogP contribution in [0.25, 0.3) is 112 Å². The van der Waals surface area contributed by atoms with Gasteiger partial charge in [0.05, 0.1) is 11.0 Å². The lowest BCUT2D eigenvalue weighted by Crippen LogP contribution is -1.93. The normalized spacial score (nSPS) is 12.2. The predicted molar refractivity (Wildman–Crippen MR) is 225 cm³/mol. The van der Waals surface area contributed by atoms with E-state index in [9.17, 15) is 0 Å². The van der Waals surface area contributed by atoms with Gasteiger partial charge in [0.15, 0.2) is 0 Å². The summed E-state index contributed by atoms with van der Waals surface area (Å²) in [6, 6.07) is 60.1.